The lowest BCUT2D eigenvalue weighted by atomic mass is 9.69. The number of benzene rings is 1. The van der Waals surface area contributed by atoms with E-state index in [0.717, 1.165) is 5.92 Å². The van der Waals surface area contributed by atoms with Gasteiger partial charge in [-0.3, -0.25) is 0 Å². The Hall–Kier alpha value is -0.500. The zero-order valence-electron chi connectivity index (χ0n) is 12.4. The van der Waals surface area contributed by atoms with Crippen molar-refractivity contribution in [2.75, 3.05) is 5.32 Å². The van der Waals surface area contributed by atoms with Crippen LogP contribution in [0.1, 0.15) is 45.6 Å². The third-order valence-electron chi connectivity index (χ3n) is 6.18. The van der Waals surface area contributed by atoms with E-state index in [1.807, 2.05) is 0 Å². The topological polar surface area (TPSA) is 12.0 Å². The number of rotatable bonds is 2. The molecule has 0 radical (unpaired) electrons. The van der Waals surface area contributed by atoms with Gasteiger partial charge in [-0.15, -0.1) is 0 Å². The van der Waals surface area contributed by atoms with Gasteiger partial charge in [-0.2, -0.15) is 0 Å². The van der Waals surface area contributed by atoms with E-state index >= 15 is 0 Å². The molecule has 2 bridgehead atoms. The summed E-state index contributed by atoms with van der Waals surface area (Å²) in [4.78, 5) is 0. The highest BCUT2D eigenvalue weighted by atomic mass is 79.9. The maximum atomic E-state index is 3.82. The monoisotopic (exact) mass is 321 g/mol. The van der Waals surface area contributed by atoms with Crippen molar-refractivity contribution in [3.8, 4) is 0 Å². The van der Waals surface area contributed by atoms with Crippen molar-refractivity contribution in [2.45, 2.75) is 53.0 Å². The van der Waals surface area contributed by atoms with Gasteiger partial charge >= 0.3 is 0 Å². The highest BCUT2D eigenvalue weighted by Gasteiger charge is 2.61. The fourth-order valence-corrected chi connectivity index (χ4v) is 5.05. The van der Waals surface area contributed by atoms with Crippen LogP contribution in [-0.2, 0) is 0 Å². The zero-order valence-corrected chi connectivity index (χ0v) is 14.0. The number of fused-ring (bicyclic) bond motifs is 2. The molecule has 2 heteroatoms. The van der Waals surface area contributed by atoms with E-state index in [1.165, 1.54) is 35.0 Å². The van der Waals surface area contributed by atoms with Gasteiger partial charge in [0.2, 0.25) is 0 Å². The Bertz CT molecular complexity index is 488. The van der Waals surface area contributed by atoms with E-state index in [0.29, 0.717) is 16.9 Å². The van der Waals surface area contributed by atoms with Crippen molar-refractivity contribution < 1.29 is 0 Å². The van der Waals surface area contributed by atoms with Gasteiger partial charge in [0.15, 0.2) is 0 Å². The number of nitrogens with one attached hydrogen (secondary N) is 1. The third-order valence-corrected chi connectivity index (χ3v) is 6.63. The Morgan fingerprint density at radius 3 is 2.47 bits per heavy atom. The van der Waals surface area contributed by atoms with E-state index in [9.17, 15) is 0 Å². The first kappa shape index (κ1) is 13.5. The summed E-state index contributed by atoms with van der Waals surface area (Å²) in [7, 11) is 0. The molecule has 2 aliphatic rings. The second-order valence-corrected chi connectivity index (χ2v) is 8.24. The number of hydrogen-bond acceptors (Lipinski definition) is 1. The summed E-state index contributed by atoms with van der Waals surface area (Å²) in [6.45, 7) is 9.59. The quantitative estimate of drug-likeness (QED) is 0.770. The van der Waals surface area contributed by atoms with Crippen LogP contribution in [0.5, 0.6) is 0 Å². The van der Waals surface area contributed by atoms with Crippen LogP contribution in [0.3, 0.4) is 0 Å². The molecule has 1 N–H and O–H groups in total. The Morgan fingerprint density at radius 2 is 1.95 bits per heavy atom. The van der Waals surface area contributed by atoms with Crippen molar-refractivity contribution >= 4 is 21.6 Å². The first-order chi connectivity index (χ1) is 8.83. The van der Waals surface area contributed by atoms with Gasteiger partial charge in [-0.05, 0) is 66.7 Å². The lowest BCUT2D eigenvalue weighted by molar-refractivity contribution is 0.142. The third kappa shape index (κ3) is 1.94. The molecule has 0 aromatic heterocycles. The Morgan fingerprint density at radius 1 is 1.21 bits per heavy atom. The van der Waals surface area contributed by atoms with Gasteiger partial charge in [-0.1, -0.05) is 36.7 Å². The maximum Gasteiger partial charge on any atom is 0.0356 e. The lowest BCUT2D eigenvalue weighted by Crippen LogP contribution is -2.40. The van der Waals surface area contributed by atoms with Crippen molar-refractivity contribution in [3.05, 3.63) is 28.2 Å². The van der Waals surface area contributed by atoms with Gasteiger partial charge < -0.3 is 5.32 Å². The van der Waals surface area contributed by atoms with E-state index in [-0.39, 0.29) is 0 Å². The van der Waals surface area contributed by atoms with Crippen LogP contribution in [0.15, 0.2) is 22.7 Å². The van der Waals surface area contributed by atoms with Crippen molar-refractivity contribution in [1.29, 1.82) is 0 Å². The minimum absolute atomic E-state index is 0.438. The number of aryl methyl sites for hydroxylation is 1. The summed E-state index contributed by atoms with van der Waals surface area (Å²) in [6, 6.07) is 7.25. The van der Waals surface area contributed by atoms with Crippen LogP contribution in [0.2, 0.25) is 0 Å². The van der Waals surface area contributed by atoms with Crippen LogP contribution in [-0.4, -0.2) is 6.04 Å². The predicted octanol–water partition coefficient (Wildman–Crippen LogP) is 5.38. The predicted molar refractivity (Wildman–Crippen MR) is 85.5 cm³/mol. The molecule has 0 saturated heterocycles. The molecular weight excluding hydrogens is 298 g/mol. The number of anilines is 1. The second kappa shape index (κ2) is 4.25. The number of halogens is 1. The minimum atomic E-state index is 0.438. The summed E-state index contributed by atoms with van der Waals surface area (Å²) < 4.78 is 1.17. The van der Waals surface area contributed by atoms with Crippen molar-refractivity contribution in [3.63, 3.8) is 0 Å². The normalized spacial score (nSPS) is 35.6. The van der Waals surface area contributed by atoms with E-state index < -0.39 is 0 Å². The highest BCUT2D eigenvalue weighted by Crippen LogP contribution is 2.65. The van der Waals surface area contributed by atoms with Crippen LogP contribution in [0.25, 0.3) is 0 Å². The van der Waals surface area contributed by atoms with E-state index in [1.54, 1.807) is 0 Å². The lowest BCUT2D eigenvalue weighted by Gasteiger charge is -2.40. The molecule has 0 spiro atoms. The van der Waals surface area contributed by atoms with E-state index in [4.69, 9.17) is 0 Å². The molecule has 19 heavy (non-hydrogen) atoms. The summed E-state index contributed by atoms with van der Waals surface area (Å²) >= 11 is 3.60. The smallest absolute Gasteiger partial charge is 0.0356 e. The molecule has 1 nitrogen and oxygen atoms in total. The fraction of sp³-hybridized carbons (Fsp3) is 0.647. The van der Waals surface area contributed by atoms with E-state index in [2.05, 4.69) is 67.1 Å². The first-order valence-electron chi connectivity index (χ1n) is 7.37. The SMILES string of the molecule is Cc1cc(Br)cc(NC2CC3CCC2(C)C3(C)C)c1. The van der Waals surface area contributed by atoms with Gasteiger partial charge in [0.1, 0.15) is 0 Å². The minimum Gasteiger partial charge on any atom is -0.382 e. The molecular formula is C17H24BrN. The Labute approximate surface area is 125 Å². The highest BCUT2D eigenvalue weighted by molar-refractivity contribution is 9.10. The van der Waals surface area contributed by atoms with Crippen LogP contribution >= 0.6 is 15.9 Å². The molecule has 3 rings (SSSR count). The van der Waals surface area contributed by atoms with Gasteiger partial charge in [0.05, 0.1) is 0 Å². The first-order valence-corrected chi connectivity index (χ1v) is 8.16. The Balaban J connectivity index is 1.86. The maximum absolute atomic E-state index is 3.82. The standard InChI is InChI=1S/C17H24BrN/c1-11-7-13(18)10-14(8-11)19-15-9-12-5-6-17(15,4)16(12,2)3/h7-8,10,12,15,19H,5-6,9H2,1-4H3. The summed E-state index contributed by atoms with van der Waals surface area (Å²) in [5.74, 6) is 0.892. The van der Waals surface area contributed by atoms with Crippen LogP contribution in [0, 0.1) is 23.7 Å². The molecule has 1 aromatic rings. The molecule has 3 atom stereocenters. The summed E-state index contributed by atoms with van der Waals surface area (Å²) in [5, 5.41) is 3.82. The van der Waals surface area contributed by atoms with Crippen molar-refractivity contribution in [2.24, 2.45) is 16.7 Å². The molecule has 104 valence electrons. The molecule has 0 amide bonds. The van der Waals surface area contributed by atoms with Gasteiger partial charge in [0, 0.05) is 16.2 Å². The van der Waals surface area contributed by atoms with Crippen LogP contribution < -0.4 is 5.32 Å². The van der Waals surface area contributed by atoms with Crippen LogP contribution in [0.4, 0.5) is 5.69 Å². The van der Waals surface area contributed by atoms with Crippen molar-refractivity contribution in [1.82, 2.24) is 0 Å². The second-order valence-electron chi connectivity index (χ2n) is 7.32. The molecule has 1 aromatic carbocycles. The summed E-state index contributed by atoms with van der Waals surface area (Å²) in [5.41, 5.74) is 3.49. The zero-order chi connectivity index (χ0) is 13.8. The average Bonchev–Trinajstić information content (AvgIpc) is 2.60. The van der Waals surface area contributed by atoms with Gasteiger partial charge in [-0.25, -0.2) is 0 Å². The molecule has 2 fully saturated rings. The average molecular weight is 322 g/mol. The molecule has 0 aliphatic heterocycles. The molecule has 0 heterocycles. The summed E-state index contributed by atoms with van der Waals surface area (Å²) in [6.07, 6.45) is 4.11. The fourth-order valence-electron chi connectivity index (χ4n) is 4.44. The number of hydrogen-bond donors (Lipinski definition) is 1. The molecule has 2 saturated carbocycles. The largest absolute Gasteiger partial charge is 0.382 e. The Kier molecular flexibility index (Phi) is 3.01. The molecule has 2 aliphatic carbocycles. The molecule has 3 unspecified atom stereocenters. The van der Waals surface area contributed by atoms with Gasteiger partial charge in [0.25, 0.3) is 0 Å².